The van der Waals surface area contributed by atoms with E-state index in [4.69, 9.17) is 5.11 Å². The van der Waals surface area contributed by atoms with Crippen LogP contribution in [0.2, 0.25) is 0 Å². The molecule has 0 aromatic carbocycles. The number of hydrogen-bond donors (Lipinski definition) is 1. The molecule has 0 aromatic rings. The fourth-order valence-electron chi connectivity index (χ4n) is 3.60. The molecule has 1 unspecified atom stereocenters. The maximum atomic E-state index is 10.9. The molecule has 0 radical (unpaired) electrons. The minimum absolute atomic E-state index is 0.0730. The van der Waals surface area contributed by atoms with Crippen LogP contribution in [0.5, 0.6) is 0 Å². The highest BCUT2D eigenvalue weighted by Crippen LogP contribution is 2.32. The van der Waals surface area contributed by atoms with E-state index in [9.17, 15) is 4.79 Å². The molecule has 98 valence electrons. The fraction of sp³-hybridized carbons (Fsp3) is 0.929. The summed E-state index contributed by atoms with van der Waals surface area (Å²) in [6, 6.07) is 1.42. The summed E-state index contributed by atoms with van der Waals surface area (Å²) in [6.45, 7) is 3.52. The van der Waals surface area contributed by atoms with Crippen molar-refractivity contribution in [1.29, 1.82) is 0 Å². The summed E-state index contributed by atoms with van der Waals surface area (Å²) < 4.78 is 0. The molecule has 1 aliphatic carbocycles. The van der Waals surface area contributed by atoms with Crippen molar-refractivity contribution in [3.05, 3.63) is 0 Å². The Morgan fingerprint density at radius 1 is 1.18 bits per heavy atom. The third-order valence-corrected chi connectivity index (χ3v) is 4.66. The van der Waals surface area contributed by atoms with Crippen LogP contribution in [0.15, 0.2) is 0 Å². The number of carboxylic acids is 1. The van der Waals surface area contributed by atoms with Gasteiger partial charge in [-0.15, -0.1) is 0 Å². The minimum Gasteiger partial charge on any atom is -0.481 e. The molecule has 1 atom stereocenters. The molecule has 2 rings (SSSR count). The zero-order valence-corrected chi connectivity index (χ0v) is 10.9. The SMILES string of the molecule is CCC1CCCCN1C1CCC(C(=O)O)CC1. The summed E-state index contributed by atoms with van der Waals surface area (Å²) in [7, 11) is 0. The minimum atomic E-state index is -0.589. The first-order valence-corrected chi connectivity index (χ1v) is 7.21. The van der Waals surface area contributed by atoms with Gasteiger partial charge in [0.15, 0.2) is 0 Å². The first-order chi connectivity index (χ1) is 8.22. The van der Waals surface area contributed by atoms with Gasteiger partial charge in [0.05, 0.1) is 5.92 Å². The number of aliphatic carboxylic acids is 1. The summed E-state index contributed by atoms with van der Waals surface area (Å²) in [4.78, 5) is 13.6. The van der Waals surface area contributed by atoms with Crippen LogP contribution in [0.3, 0.4) is 0 Å². The molecule has 3 nitrogen and oxygen atoms in total. The molecule has 1 saturated carbocycles. The van der Waals surface area contributed by atoms with Gasteiger partial charge in [0.2, 0.25) is 0 Å². The standard InChI is InChI=1S/C14H25NO2/c1-2-12-5-3-4-10-15(12)13-8-6-11(7-9-13)14(16)17/h11-13H,2-10H2,1H3,(H,16,17). The van der Waals surface area contributed by atoms with E-state index < -0.39 is 5.97 Å². The molecule has 0 spiro atoms. The number of likely N-dealkylation sites (tertiary alicyclic amines) is 1. The molecule has 1 aliphatic heterocycles. The molecule has 2 aliphatic rings. The Bertz CT molecular complexity index is 259. The van der Waals surface area contributed by atoms with Crippen molar-refractivity contribution >= 4 is 5.97 Å². The molecule has 1 heterocycles. The smallest absolute Gasteiger partial charge is 0.306 e. The van der Waals surface area contributed by atoms with Crippen LogP contribution in [0.1, 0.15) is 58.3 Å². The van der Waals surface area contributed by atoms with Crippen molar-refractivity contribution in [2.75, 3.05) is 6.54 Å². The monoisotopic (exact) mass is 239 g/mol. The average molecular weight is 239 g/mol. The zero-order valence-electron chi connectivity index (χ0n) is 10.9. The summed E-state index contributed by atoms with van der Waals surface area (Å²) in [5.74, 6) is -0.662. The van der Waals surface area contributed by atoms with Crippen molar-refractivity contribution in [1.82, 2.24) is 4.90 Å². The molecule has 0 aromatic heterocycles. The summed E-state index contributed by atoms with van der Waals surface area (Å²) in [6.07, 6.45) is 9.24. The third kappa shape index (κ3) is 3.01. The fourth-order valence-corrected chi connectivity index (χ4v) is 3.60. The number of hydrogen-bond acceptors (Lipinski definition) is 2. The highest BCUT2D eigenvalue weighted by atomic mass is 16.4. The Balaban J connectivity index is 1.88. The van der Waals surface area contributed by atoms with Crippen molar-refractivity contribution in [2.45, 2.75) is 70.4 Å². The normalized spacial score (nSPS) is 35.7. The number of rotatable bonds is 3. The number of carboxylic acid groups (broad SMARTS) is 1. The second kappa shape index (κ2) is 5.85. The van der Waals surface area contributed by atoms with E-state index in [0.717, 1.165) is 31.7 Å². The lowest BCUT2D eigenvalue weighted by Crippen LogP contribution is -2.47. The van der Waals surface area contributed by atoms with Crippen LogP contribution in [-0.4, -0.2) is 34.6 Å². The third-order valence-electron chi connectivity index (χ3n) is 4.66. The molecular weight excluding hydrogens is 214 g/mol. The van der Waals surface area contributed by atoms with Gasteiger partial charge in [0.1, 0.15) is 0 Å². The van der Waals surface area contributed by atoms with E-state index >= 15 is 0 Å². The number of piperidine rings is 1. The predicted octanol–water partition coefficient (Wildman–Crippen LogP) is 2.89. The quantitative estimate of drug-likeness (QED) is 0.823. The van der Waals surface area contributed by atoms with E-state index in [1.807, 2.05) is 0 Å². The van der Waals surface area contributed by atoms with Gasteiger partial charge in [-0.3, -0.25) is 9.69 Å². The lowest BCUT2D eigenvalue weighted by molar-refractivity contribution is -0.143. The van der Waals surface area contributed by atoms with Crippen molar-refractivity contribution in [3.8, 4) is 0 Å². The molecule has 1 saturated heterocycles. The van der Waals surface area contributed by atoms with Gasteiger partial charge in [-0.25, -0.2) is 0 Å². The Morgan fingerprint density at radius 3 is 2.47 bits per heavy atom. The predicted molar refractivity (Wildman–Crippen MR) is 68.0 cm³/mol. The van der Waals surface area contributed by atoms with Gasteiger partial charge in [0, 0.05) is 12.1 Å². The van der Waals surface area contributed by atoms with E-state index in [-0.39, 0.29) is 5.92 Å². The second-order valence-corrected chi connectivity index (χ2v) is 5.64. The topological polar surface area (TPSA) is 40.5 Å². The van der Waals surface area contributed by atoms with E-state index in [1.54, 1.807) is 0 Å². The van der Waals surface area contributed by atoms with Gasteiger partial charge < -0.3 is 5.11 Å². The average Bonchev–Trinajstić information content (AvgIpc) is 2.39. The molecular formula is C14H25NO2. The largest absolute Gasteiger partial charge is 0.481 e. The maximum absolute atomic E-state index is 10.9. The zero-order chi connectivity index (χ0) is 12.3. The Hall–Kier alpha value is -0.570. The number of carbonyl (C=O) groups is 1. The first-order valence-electron chi connectivity index (χ1n) is 7.21. The summed E-state index contributed by atoms with van der Waals surface area (Å²) >= 11 is 0. The van der Waals surface area contributed by atoms with Crippen molar-refractivity contribution in [3.63, 3.8) is 0 Å². The van der Waals surface area contributed by atoms with Crippen LogP contribution < -0.4 is 0 Å². The van der Waals surface area contributed by atoms with Crippen LogP contribution in [0.25, 0.3) is 0 Å². The van der Waals surface area contributed by atoms with Gasteiger partial charge in [-0.05, 0) is 51.5 Å². The second-order valence-electron chi connectivity index (χ2n) is 5.64. The van der Waals surface area contributed by atoms with Gasteiger partial charge in [0.25, 0.3) is 0 Å². The molecule has 0 amide bonds. The van der Waals surface area contributed by atoms with E-state index in [0.29, 0.717) is 6.04 Å². The molecule has 2 fully saturated rings. The van der Waals surface area contributed by atoms with Gasteiger partial charge in [-0.1, -0.05) is 13.3 Å². The lowest BCUT2D eigenvalue weighted by Gasteiger charge is -2.43. The maximum Gasteiger partial charge on any atom is 0.306 e. The summed E-state index contributed by atoms with van der Waals surface area (Å²) in [5, 5.41) is 9.02. The van der Waals surface area contributed by atoms with Crippen molar-refractivity contribution in [2.24, 2.45) is 5.92 Å². The van der Waals surface area contributed by atoms with E-state index in [1.165, 1.54) is 32.2 Å². The highest BCUT2D eigenvalue weighted by Gasteiger charge is 2.32. The van der Waals surface area contributed by atoms with Crippen LogP contribution >= 0.6 is 0 Å². The molecule has 17 heavy (non-hydrogen) atoms. The van der Waals surface area contributed by atoms with Crippen LogP contribution in [-0.2, 0) is 4.79 Å². The van der Waals surface area contributed by atoms with Gasteiger partial charge in [-0.2, -0.15) is 0 Å². The Morgan fingerprint density at radius 2 is 1.88 bits per heavy atom. The summed E-state index contributed by atoms with van der Waals surface area (Å²) in [5.41, 5.74) is 0. The van der Waals surface area contributed by atoms with Crippen LogP contribution in [0, 0.1) is 5.92 Å². The van der Waals surface area contributed by atoms with E-state index in [2.05, 4.69) is 11.8 Å². The van der Waals surface area contributed by atoms with Gasteiger partial charge >= 0.3 is 5.97 Å². The first kappa shape index (κ1) is 12.9. The Labute approximate surface area is 104 Å². The molecule has 0 bridgehead atoms. The molecule has 3 heteroatoms. The lowest BCUT2D eigenvalue weighted by atomic mass is 9.83. The molecule has 1 N–H and O–H groups in total. The van der Waals surface area contributed by atoms with Crippen LogP contribution in [0.4, 0.5) is 0 Å². The number of nitrogens with zero attached hydrogens (tertiary/aromatic N) is 1. The highest BCUT2D eigenvalue weighted by molar-refractivity contribution is 5.70. The Kier molecular flexibility index (Phi) is 4.43. The van der Waals surface area contributed by atoms with Crippen molar-refractivity contribution < 1.29 is 9.90 Å².